The molecule has 1 aliphatic heterocycles. The van der Waals surface area contributed by atoms with Gasteiger partial charge >= 0.3 is 5.97 Å². The standard InChI is InChI=1S/C32H30BrNO5/c1-19-29(32(36)39-18-20-7-5-4-6-8-20)30(22-11-14-28(38-3)25(33)15-22)31-26(34-19)16-23(17-27(31)35)21-9-12-24(37-2)13-10-21/h4-15,23,30,34H,16-18H2,1-3H3/t23-,30-/m1/s1. The van der Waals surface area contributed by atoms with Crippen molar-refractivity contribution in [1.29, 1.82) is 0 Å². The van der Waals surface area contributed by atoms with Crippen LogP contribution in [-0.2, 0) is 20.9 Å². The smallest absolute Gasteiger partial charge is 0.337 e. The molecule has 0 aromatic heterocycles. The van der Waals surface area contributed by atoms with E-state index < -0.39 is 11.9 Å². The predicted octanol–water partition coefficient (Wildman–Crippen LogP) is 6.57. The second-order valence-electron chi connectivity index (χ2n) is 9.75. The zero-order valence-corrected chi connectivity index (χ0v) is 23.7. The van der Waals surface area contributed by atoms with Crippen molar-refractivity contribution in [3.63, 3.8) is 0 Å². The van der Waals surface area contributed by atoms with Crippen LogP contribution >= 0.6 is 15.9 Å². The number of allylic oxidation sites excluding steroid dienone is 3. The first-order valence-electron chi connectivity index (χ1n) is 12.8. The van der Waals surface area contributed by atoms with Crippen LogP contribution in [-0.4, -0.2) is 26.0 Å². The lowest BCUT2D eigenvalue weighted by Gasteiger charge is -2.37. The molecule has 0 bridgehead atoms. The summed E-state index contributed by atoms with van der Waals surface area (Å²) in [6.45, 7) is 2.02. The summed E-state index contributed by atoms with van der Waals surface area (Å²) in [5.41, 5.74) is 5.39. The molecule has 0 saturated carbocycles. The number of hydrogen-bond acceptors (Lipinski definition) is 6. The molecule has 1 N–H and O–H groups in total. The molecule has 0 saturated heterocycles. The number of nitrogens with one attached hydrogen (secondary N) is 1. The molecular formula is C32H30BrNO5. The zero-order valence-electron chi connectivity index (χ0n) is 22.1. The third kappa shape index (κ3) is 5.50. The Morgan fingerprint density at radius 2 is 1.67 bits per heavy atom. The number of ketones is 1. The van der Waals surface area contributed by atoms with Crippen LogP contribution in [0.5, 0.6) is 11.5 Å². The highest BCUT2D eigenvalue weighted by Crippen LogP contribution is 2.46. The van der Waals surface area contributed by atoms with Crippen molar-refractivity contribution in [2.45, 2.75) is 38.2 Å². The summed E-state index contributed by atoms with van der Waals surface area (Å²) in [4.78, 5) is 27.4. The molecule has 0 fully saturated rings. The molecule has 0 radical (unpaired) electrons. The molecule has 1 heterocycles. The zero-order chi connectivity index (χ0) is 27.5. The van der Waals surface area contributed by atoms with Crippen LogP contribution in [0.25, 0.3) is 0 Å². The summed E-state index contributed by atoms with van der Waals surface area (Å²) in [5.74, 6) is 0.484. The molecule has 3 aromatic carbocycles. The number of carbonyl (C=O) groups is 2. The normalized spacial score (nSPS) is 18.8. The van der Waals surface area contributed by atoms with E-state index in [1.165, 1.54) is 0 Å². The molecule has 6 nitrogen and oxygen atoms in total. The van der Waals surface area contributed by atoms with Gasteiger partial charge in [0.25, 0.3) is 0 Å². The van der Waals surface area contributed by atoms with Gasteiger partial charge in [0, 0.05) is 29.3 Å². The molecule has 0 amide bonds. The average Bonchev–Trinajstić information content (AvgIpc) is 2.95. The number of dihydropyridines is 1. The van der Waals surface area contributed by atoms with Crippen molar-refractivity contribution in [2.24, 2.45) is 0 Å². The van der Waals surface area contributed by atoms with Crippen LogP contribution in [0.15, 0.2) is 99.8 Å². The number of halogens is 1. The van der Waals surface area contributed by atoms with Crippen molar-refractivity contribution in [3.05, 3.63) is 116 Å². The third-order valence-corrected chi connectivity index (χ3v) is 7.98. The van der Waals surface area contributed by atoms with E-state index in [-0.39, 0.29) is 18.3 Å². The fourth-order valence-corrected chi connectivity index (χ4v) is 5.98. The molecule has 0 spiro atoms. The minimum Gasteiger partial charge on any atom is -0.497 e. The first-order chi connectivity index (χ1) is 18.9. The molecule has 2 aliphatic rings. The van der Waals surface area contributed by atoms with Gasteiger partial charge in [-0.15, -0.1) is 0 Å². The highest BCUT2D eigenvalue weighted by atomic mass is 79.9. The minimum absolute atomic E-state index is 0.0161. The minimum atomic E-state index is -0.559. The summed E-state index contributed by atoms with van der Waals surface area (Å²) in [6, 6.07) is 23.1. The molecular weight excluding hydrogens is 558 g/mol. The summed E-state index contributed by atoms with van der Waals surface area (Å²) in [6.07, 6.45) is 1.01. The van der Waals surface area contributed by atoms with Gasteiger partial charge in [-0.1, -0.05) is 48.5 Å². The predicted molar refractivity (Wildman–Crippen MR) is 153 cm³/mol. The van der Waals surface area contributed by atoms with Crippen molar-refractivity contribution < 1.29 is 23.8 Å². The lowest BCUT2D eigenvalue weighted by molar-refractivity contribution is -0.140. The quantitative estimate of drug-likeness (QED) is 0.315. The number of carbonyl (C=O) groups excluding carboxylic acids is 2. The van der Waals surface area contributed by atoms with Gasteiger partial charge in [0.2, 0.25) is 0 Å². The Morgan fingerprint density at radius 3 is 2.33 bits per heavy atom. The van der Waals surface area contributed by atoms with Gasteiger partial charge < -0.3 is 19.5 Å². The maximum atomic E-state index is 13.8. The molecule has 5 rings (SSSR count). The molecule has 3 aromatic rings. The topological polar surface area (TPSA) is 73.9 Å². The van der Waals surface area contributed by atoms with Crippen LogP contribution in [0.4, 0.5) is 0 Å². The Hall–Kier alpha value is -3.84. The maximum absolute atomic E-state index is 13.8. The number of rotatable bonds is 7. The Bertz CT molecular complexity index is 1460. The van der Waals surface area contributed by atoms with E-state index in [1.54, 1.807) is 14.2 Å². The highest BCUT2D eigenvalue weighted by Gasteiger charge is 2.41. The lowest BCUT2D eigenvalue weighted by atomic mass is 9.71. The fraction of sp³-hybridized carbons (Fsp3) is 0.250. The van der Waals surface area contributed by atoms with Gasteiger partial charge in [-0.05, 0) is 76.1 Å². The molecule has 200 valence electrons. The van der Waals surface area contributed by atoms with Crippen LogP contribution in [0, 0.1) is 0 Å². The van der Waals surface area contributed by atoms with Crippen LogP contribution in [0.3, 0.4) is 0 Å². The van der Waals surface area contributed by atoms with E-state index in [1.807, 2.05) is 79.7 Å². The van der Waals surface area contributed by atoms with E-state index >= 15 is 0 Å². The first kappa shape index (κ1) is 26.8. The van der Waals surface area contributed by atoms with Crippen LogP contribution in [0.1, 0.15) is 48.3 Å². The second-order valence-corrected chi connectivity index (χ2v) is 10.6. The van der Waals surface area contributed by atoms with Gasteiger partial charge in [-0.3, -0.25) is 4.79 Å². The van der Waals surface area contributed by atoms with Gasteiger partial charge in [-0.2, -0.15) is 0 Å². The highest BCUT2D eigenvalue weighted by molar-refractivity contribution is 9.10. The van der Waals surface area contributed by atoms with Crippen molar-refractivity contribution in [2.75, 3.05) is 14.2 Å². The number of hydrogen-bond donors (Lipinski definition) is 1. The molecule has 0 unspecified atom stereocenters. The van der Waals surface area contributed by atoms with Crippen molar-refractivity contribution in [1.82, 2.24) is 5.32 Å². The Balaban J connectivity index is 1.52. The second kappa shape index (κ2) is 11.5. The van der Waals surface area contributed by atoms with Crippen molar-refractivity contribution in [3.8, 4) is 11.5 Å². The number of ether oxygens (including phenoxy) is 3. The summed E-state index contributed by atoms with van der Waals surface area (Å²) < 4.78 is 17.2. The number of benzene rings is 3. The van der Waals surface area contributed by atoms with Gasteiger partial charge in [0.05, 0.1) is 24.3 Å². The third-order valence-electron chi connectivity index (χ3n) is 7.36. The summed E-state index contributed by atoms with van der Waals surface area (Å²) >= 11 is 3.58. The van der Waals surface area contributed by atoms with E-state index in [9.17, 15) is 9.59 Å². The van der Waals surface area contributed by atoms with E-state index in [4.69, 9.17) is 14.2 Å². The van der Waals surface area contributed by atoms with E-state index in [0.29, 0.717) is 35.4 Å². The molecule has 7 heteroatoms. The van der Waals surface area contributed by atoms with Crippen LogP contribution < -0.4 is 14.8 Å². The molecule has 39 heavy (non-hydrogen) atoms. The first-order valence-corrected chi connectivity index (χ1v) is 13.6. The maximum Gasteiger partial charge on any atom is 0.337 e. The van der Waals surface area contributed by atoms with Crippen molar-refractivity contribution >= 4 is 27.7 Å². The summed E-state index contributed by atoms with van der Waals surface area (Å²) in [7, 11) is 3.24. The number of Topliss-reactive ketones (excluding diaryl/α,β-unsaturated/α-hetero) is 1. The Kier molecular flexibility index (Phi) is 7.89. The summed E-state index contributed by atoms with van der Waals surface area (Å²) in [5, 5.41) is 3.41. The average molecular weight is 588 g/mol. The van der Waals surface area contributed by atoms with Gasteiger partial charge in [0.15, 0.2) is 5.78 Å². The van der Waals surface area contributed by atoms with Gasteiger partial charge in [-0.25, -0.2) is 4.79 Å². The van der Waals surface area contributed by atoms with E-state index in [0.717, 1.165) is 32.6 Å². The lowest BCUT2D eigenvalue weighted by Crippen LogP contribution is -2.36. The monoisotopic (exact) mass is 587 g/mol. The van der Waals surface area contributed by atoms with E-state index in [2.05, 4.69) is 21.2 Å². The SMILES string of the molecule is COc1ccc([C@H]2CC(=O)C3=C(C2)NC(C)=C(C(=O)OCc2ccccc2)[C@H]3c2ccc(OC)c(Br)c2)cc1. The molecule has 1 aliphatic carbocycles. The van der Waals surface area contributed by atoms with Crippen LogP contribution in [0.2, 0.25) is 0 Å². The van der Waals surface area contributed by atoms with Gasteiger partial charge in [0.1, 0.15) is 18.1 Å². The fourth-order valence-electron chi connectivity index (χ4n) is 5.42. The largest absolute Gasteiger partial charge is 0.497 e. The Morgan fingerprint density at radius 1 is 0.949 bits per heavy atom. The molecule has 2 atom stereocenters. The Labute approximate surface area is 236 Å². The number of methoxy groups -OCH3 is 2. The number of esters is 1.